The lowest BCUT2D eigenvalue weighted by Gasteiger charge is -2.33. The van der Waals surface area contributed by atoms with Crippen LogP contribution in [0.25, 0.3) is 4.85 Å². The number of carbonyl (C=O) groups excluding carboxylic acids is 3. The van der Waals surface area contributed by atoms with Crippen LogP contribution in [0, 0.1) is 19.3 Å². The van der Waals surface area contributed by atoms with Gasteiger partial charge in [-0.1, -0.05) is 29.8 Å². The summed E-state index contributed by atoms with van der Waals surface area (Å²) >= 11 is 0. The summed E-state index contributed by atoms with van der Waals surface area (Å²) < 4.78 is 15.1. The number of hydrogen-bond donors (Lipinski definition) is 1. The fraction of sp³-hybridized carbons (Fsp3) is 0.407. The van der Waals surface area contributed by atoms with Gasteiger partial charge in [-0.05, 0) is 68.0 Å². The van der Waals surface area contributed by atoms with Crippen LogP contribution in [-0.4, -0.2) is 46.7 Å². The SMILES string of the molecule is [C-]#[N+]c1ccc(CN2CCC(c3cc4c(cc3F)C(=O)N(C3CCC(=O)NC3=O)C4)CC2)c(C)c1. The van der Waals surface area contributed by atoms with E-state index in [0.717, 1.165) is 43.6 Å². The van der Waals surface area contributed by atoms with Gasteiger partial charge in [-0.3, -0.25) is 24.6 Å². The smallest absolute Gasteiger partial charge is 0.255 e. The summed E-state index contributed by atoms with van der Waals surface area (Å²) in [7, 11) is 0. The maximum Gasteiger partial charge on any atom is 0.255 e. The molecule has 3 aliphatic rings. The fourth-order valence-corrected chi connectivity index (χ4v) is 5.49. The van der Waals surface area contributed by atoms with E-state index in [1.807, 2.05) is 31.2 Å². The Bertz CT molecular complexity index is 1260. The van der Waals surface area contributed by atoms with Crippen molar-refractivity contribution in [2.45, 2.75) is 57.7 Å². The van der Waals surface area contributed by atoms with Crippen LogP contribution in [0.4, 0.5) is 10.1 Å². The molecule has 0 aromatic heterocycles. The summed E-state index contributed by atoms with van der Waals surface area (Å²) in [6.07, 6.45) is 2.12. The van der Waals surface area contributed by atoms with Gasteiger partial charge in [-0.25, -0.2) is 9.24 Å². The van der Waals surface area contributed by atoms with Crippen molar-refractivity contribution >= 4 is 23.4 Å². The highest BCUT2D eigenvalue weighted by Crippen LogP contribution is 2.36. The second kappa shape index (κ2) is 9.23. The first-order valence-corrected chi connectivity index (χ1v) is 12.0. The molecule has 0 bridgehead atoms. The Kier molecular flexibility index (Phi) is 6.12. The Balaban J connectivity index is 1.26. The highest BCUT2D eigenvalue weighted by atomic mass is 19.1. The maximum absolute atomic E-state index is 15.1. The zero-order valence-electron chi connectivity index (χ0n) is 19.6. The molecule has 2 aromatic carbocycles. The predicted molar refractivity (Wildman–Crippen MR) is 127 cm³/mol. The van der Waals surface area contributed by atoms with Crippen LogP contribution in [0.1, 0.15) is 64.2 Å². The number of carbonyl (C=O) groups is 3. The van der Waals surface area contributed by atoms with Gasteiger partial charge in [0.1, 0.15) is 11.9 Å². The highest BCUT2D eigenvalue weighted by molar-refractivity contribution is 6.05. The summed E-state index contributed by atoms with van der Waals surface area (Å²) in [5.41, 5.74) is 4.65. The van der Waals surface area contributed by atoms with Gasteiger partial charge in [-0.15, -0.1) is 0 Å². The van der Waals surface area contributed by atoms with Crippen molar-refractivity contribution in [2.75, 3.05) is 13.1 Å². The van der Waals surface area contributed by atoms with Crippen molar-refractivity contribution in [2.24, 2.45) is 0 Å². The third kappa shape index (κ3) is 4.44. The van der Waals surface area contributed by atoms with E-state index < -0.39 is 11.9 Å². The molecule has 0 saturated carbocycles. The van der Waals surface area contributed by atoms with Crippen LogP contribution in [-0.2, 0) is 22.7 Å². The molecule has 180 valence electrons. The van der Waals surface area contributed by atoms with Gasteiger partial charge in [0.25, 0.3) is 5.91 Å². The number of benzene rings is 2. The second-order valence-electron chi connectivity index (χ2n) is 9.70. The molecule has 2 fully saturated rings. The van der Waals surface area contributed by atoms with E-state index in [9.17, 15) is 14.4 Å². The van der Waals surface area contributed by atoms with Crippen LogP contribution < -0.4 is 5.32 Å². The monoisotopic (exact) mass is 474 g/mol. The Labute approximate surface area is 203 Å². The van der Waals surface area contributed by atoms with Gasteiger partial charge in [0.05, 0.1) is 6.57 Å². The van der Waals surface area contributed by atoms with Gasteiger partial charge in [0.2, 0.25) is 11.8 Å². The van der Waals surface area contributed by atoms with E-state index in [0.29, 0.717) is 16.8 Å². The number of piperidine rings is 2. The minimum Gasteiger partial charge on any atom is -0.322 e. The summed E-state index contributed by atoms with van der Waals surface area (Å²) in [5, 5.41) is 2.30. The number of nitrogens with one attached hydrogen (secondary N) is 1. The zero-order valence-corrected chi connectivity index (χ0v) is 19.6. The first kappa shape index (κ1) is 23.2. The fourth-order valence-electron chi connectivity index (χ4n) is 5.49. The molecule has 3 heterocycles. The number of likely N-dealkylation sites (tertiary alicyclic amines) is 1. The topological polar surface area (TPSA) is 74.1 Å². The lowest BCUT2D eigenvalue weighted by molar-refractivity contribution is -0.136. The summed E-state index contributed by atoms with van der Waals surface area (Å²) in [6, 6.07) is 8.21. The number of aryl methyl sites for hydroxylation is 1. The Hall–Kier alpha value is -3.57. The largest absolute Gasteiger partial charge is 0.322 e. The third-order valence-corrected chi connectivity index (χ3v) is 7.52. The van der Waals surface area contributed by atoms with Crippen molar-refractivity contribution in [3.05, 3.63) is 75.4 Å². The van der Waals surface area contributed by atoms with E-state index in [1.165, 1.54) is 16.5 Å². The first-order chi connectivity index (χ1) is 16.8. The van der Waals surface area contributed by atoms with Crippen LogP contribution in [0.3, 0.4) is 0 Å². The molecule has 3 aliphatic heterocycles. The molecule has 35 heavy (non-hydrogen) atoms. The van der Waals surface area contributed by atoms with E-state index >= 15 is 4.39 Å². The Morgan fingerprint density at radius 2 is 1.89 bits per heavy atom. The Morgan fingerprint density at radius 1 is 1.11 bits per heavy atom. The molecule has 2 aromatic rings. The van der Waals surface area contributed by atoms with Crippen LogP contribution in [0.2, 0.25) is 0 Å². The van der Waals surface area contributed by atoms with Crippen LogP contribution >= 0.6 is 0 Å². The normalized spacial score (nSPS) is 21.1. The van der Waals surface area contributed by atoms with Crippen molar-refractivity contribution in [3.63, 3.8) is 0 Å². The molecule has 0 radical (unpaired) electrons. The van der Waals surface area contributed by atoms with Gasteiger partial charge in [-0.2, -0.15) is 0 Å². The Morgan fingerprint density at radius 3 is 2.57 bits per heavy atom. The lowest BCUT2D eigenvalue weighted by atomic mass is 9.87. The van der Waals surface area contributed by atoms with Crippen molar-refractivity contribution in [1.29, 1.82) is 0 Å². The minimum atomic E-state index is -0.699. The molecule has 8 heteroatoms. The predicted octanol–water partition coefficient (Wildman–Crippen LogP) is 3.83. The van der Waals surface area contributed by atoms with E-state index in [1.54, 1.807) is 0 Å². The summed E-state index contributed by atoms with van der Waals surface area (Å²) in [5.74, 6) is -1.44. The molecule has 5 rings (SSSR count). The summed E-state index contributed by atoms with van der Waals surface area (Å²) in [6.45, 7) is 11.9. The third-order valence-electron chi connectivity index (χ3n) is 7.52. The number of amides is 3. The number of halogens is 1. The van der Waals surface area contributed by atoms with Gasteiger partial charge < -0.3 is 4.90 Å². The average molecular weight is 475 g/mol. The molecule has 0 aliphatic carbocycles. The van der Waals surface area contributed by atoms with Crippen molar-refractivity contribution in [1.82, 2.24) is 15.1 Å². The van der Waals surface area contributed by atoms with Crippen molar-refractivity contribution in [3.8, 4) is 0 Å². The minimum absolute atomic E-state index is 0.0712. The number of hydrogen-bond acceptors (Lipinski definition) is 4. The van der Waals surface area contributed by atoms with Gasteiger partial charge >= 0.3 is 0 Å². The molecule has 2 saturated heterocycles. The number of imide groups is 1. The second-order valence-corrected chi connectivity index (χ2v) is 9.70. The first-order valence-electron chi connectivity index (χ1n) is 12.0. The standard InChI is InChI=1S/C27H27FN4O3/c1-16-11-20(29-2)4-3-18(16)14-31-9-7-17(8-10-31)21-12-19-15-32(27(35)22(19)13-23(21)28)24-5-6-25(33)30-26(24)34/h3-4,11-13,17,24H,5-10,14-15H2,1H3,(H,30,33,34). The molecule has 7 nitrogen and oxygen atoms in total. The summed E-state index contributed by atoms with van der Waals surface area (Å²) in [4.78, 5) is 43.9. The number of rotatable bonds is 4. The highest BCUT2D eigenvalue weighted by Gasteiger charge is 2.40. The van der Waals surface area contributed by atoms with Crippen LogP contribution in [0.15, 0.2) is 30.3 Å². The van der Waals surface area contributed by atoms with E-state index in [2.05, 4.69) is 15.1 Å². The molecular formula is C27H27FN4O3. The molecular weight excluding hydrogens is 447 g/mol. The average Bonchev–Trinajstić information content (AvgIpc) is 3.15. The molecule has 0 spiro atoms. The van der Waals surface area contributed by atoms with E-state index in [-0.39, 0.29) is 42.9 Å². The molecule has 1 atom stereocenters. The number of fused-ring (bicyclic) bond motifs is 1. The maximum atomic E-state index is 15.1. The van der Waals surface area contributed by atoms with Crippen LogP contribution in [0.5, 0.6) is 0 Å². The van der Waals surface area contributed by atoms with Gasteiger partial charge in [0, 0.05) is 25.1 Å². The zero-order chi connectivity index (χ0) is 24.7. The van der Waals surface area contributed by atoms with E-state index in [4.69, 9.17) is 6.57 Å². The molecule has 1 unspecified atom stereocenters. The number of nitrogens with zero attached hydrogens (tertiary/aromatic N) is 3. The molecule has 3 amide bonds. The van der Waals surface area contributed by atoms with Gasteiger partial charge in [0.15, 0.2) is 5.69 Å². The van der Waals surface area contributed by atoms with Crippen molar-refractivity contribution < 1.29 is 18.8 Å². The lowest BCUT2D eigenvalue weighted by Crippen LogP contribution is -2.52. The molecule has 1 N–H and O–H groups in total. The quantitative estimate of drug-likeness (QED) is 0.540.